The van der Waals surface area contributed by atoms with Crippen LogP contribution in [0.1, 0.15) is 71.4 Å². The molecule has 7 N–H and O–H groups in total. The number of amides is 2. The lowest BCUT2D eigenvalue weighted by atomic mass is 9.93. The van der Waals surface area contributed by atoms with Gasteiger partial charge in [-0.3, -0.25) is 9.59 Å². The minimum atomic E-state index is -0.607. The molecule has 0 aliphatic carbocycles. The smallest absolute Gasteiger partial charge is 0.256 e. The fourth-order valence-corrected chi connectivity index (χ4v) is 4.57. The van der Waals surface area contributed by atoms with Crippen LogP contribution < -0.4 is 16.4 Å². The third-order valence-electron chi connectivity index (χ3n) is 6.10. The van der Waals surface area contributed by atoms with Crippen LogP contribution in [0, 0.1) is 12.3 Å². The quantitative estimate of drug-likeness (QED) is 0.0707. The predicted octanol–water partition coefficient (Wildman–Crippen LogP) is 4.83. The van der Waals surface area contributed by atoms with Crippen LogP contribution in [0.15, 0.2) is 48.5 Å². The van der Waals surface area contributed by atoms with Crippen molar-refractivity contribution < 1.29 is 29.4 Å². The fourth-order valence-electron chi connectivity index (χ4n) is 4.27. The minimum absolute atomic E-state index is 0.0634. The van der Waals surface area contributed by atoms with Gasteiger partial charge in [-0.05, 0) is 55.0 Å². The fraction of sp³-hybridized carbons (Fsp3) is 0.324. The maximum absolute atomic E-state index is 13.2. The summed E-state index contributed by atoms with van der Waals surface area (Å²) in [5, 5.41) is 33.9. The van der Waals surface area contributed by atoms with Crippen molar-refractivity contribution in [1.29, 1.82) is 5.41 Å². The molecule has 1 atom stereocenters. The van der Waals surface area contributed by atoms with Crippen LogP contribution in [0.2, 0.25) is 5.02 Å². The van der Waals surface area contributed by atoms with Gasteiger partial charge in [0.2, 0.25) is 6.41 Å². The number of hydrogen-bond acceptors (Lipinski definition) is 8. The lowest BCUT2D eigenvalue weighted by Gasteiger charge is -2.20. The highest BCUT2D eigenvalue weighted by molar-refractivity contribution is 6.34. The number of aromatic hydroxyl groups is 1. The van der Waals surface area contributed by atoms with E-state index in [0.29, 0.717) is 41.6 Å². The molecule has 246 valence electrons. The molecule has 0 bridgehead atoms. The summed E-state index contributed by atoms with van der Waals surface area (Å²) < 4.78 is 0. The first-order valence-electron chi connectivity index (χ1n) is 14.4. The Morgan fingerprint density at radius 3 is 2.22 bits per heavy atom. The van der Waals surface area contributed by atoms with Crippen molar-refractivity contribution in [2.75, 3.05) is 18.9 Å². The van der Waals surface area contributed by atoms with Gasteiger partial charge in [-0.2, -0.15) is 0 Å². The number of nitrogen functional groups attached to an aromatic ring is 1. The van der Waals surface area contributed by atoms with E-state index in [-0.39, 0.29) is 35.9 Å². The van der Waals surface area contributed by atoms with Crippen molar-refractivity contribution in [2.24, 2.45) is 0 Å². The number of aryl methyl sites for hydroxylation is 1. The molecule has 10 nitrogen and oxygen atoms in total. The summed E-state index contributed by atoms with van der Waals surface area (Å²) in [5.41, 5.74) is 11.0. The first-order valence-corrected chi connectivity index (χ1v) is 14.8. The highest BCUT2D eigenvalue weighted by atomic mass is 35.5. The molecule has 0 aromatic heterocycles. The topological polar surface area (TPSA) is 183 Å². The SMILES string of the molecule is C=O.C=O.CC.CC.Cc1cccc(C[C@@H](CO)NC(=O)c2c(Cl)cc(Cc3ccc(C=N)c(N)c3)c(CCNC=O)c2O)c1. The molecular weight excluding hydrogens is 596 g/mol. The van der Waals surface area contributed by atoms with Gasteiger partial charge in [-0.15, -0.1) is 0 Å². The molecule has 0 aliphatic rings. The molecule has 0 saturated heterocycles. The zero-order valence-corrected chi connectivity index (χ0v) is 27.5. The molecule has 45 heavy (non-hydrogen) atoms. The Balaban J connectivity index is 0. The Kier molecular flexibility index (Phi) is 23.5. The number of carbonyl (C=O) groups is 4. The minimum Gasteiger partial charge on any atom is -0.507 e. The Labute approximate surface area is 271 Å². The average molecular weight is 643 g/mol. The number of aliphatic hydroxyl groups is 1. The van der Waals surface area contributed by atoms with Crippen LogP contribution in [0.25, 0.3) is 0 Å². The third kappa shape index (κ3) is 13.7. The molecule has 2 amide bonds. The summed E-state index contributed by atoms with van der Waals surface area (Å²) in [6, 6.07) is 14.1. The highest BCUT2D eigenvalue weighted by Gasteiger charge is 2.24. The number of anilines is 1. The summed E-state index contributed by atoms with van der Waals surface area (Å²) in [7, 11) is 0. The average Bonchev–Trinajstić information content (AvgIpc) is 3.06. The number of phenolic OH excluding ortho intramolecular Hbond substituents is 1. The molecule has 11 heteroatoms. The lowest BCUT2D eigenvalue weighted by Crippen LogP contribution is -2.39. The van der Waals surface area contributed by atoms with Crippen LogP contribution in [0.5, 0.6) is 5.75 Å². The number of phenols is 1. The molecule has 0 radical (unpaired) electrons. The van der Waals surface area contributed by atoms with Crippen molar-refractivity contribution >= 4 is 49.4 Å². The van der Waals surface area contributed by atoms with Crippen molar-refractivity contribution in [3.63, 3.8) is 0 Å². The number of hydrogen-bond donors (Lipinski definition) is 6. The van der Waals surface area contributed by atoms with E-state index >= 15 is 0 Å². The van der Waals surface area contributed by atoms with E-state index in [4.69, 9.17) is 32.3 Å². The maximum atomic E-state index is 13.2. The number of halogens is 1. The van der Waals surface area contributed by atoms with E-state index in [1.165, 1.54) is 6.21 Å². The molecule has 0 spiro atoms. The standard InChI is InChI=1S/C28H31ClN4O4.2C2H6.2CH2O/c1-17-3-2-4-18(9-17)11-22(15-34)33-28(37)26-24(29)13-21(23(27(26)36)7-8-32-16-35)10-19-5-6-20(14-30)25(31)12-19;4*1-2/h2-6,9,12-14,16,22,30,34,36H,7-8,10-11,15,31H2,1H3,(H,32,35)(H,33,37);2*1-2H3;2*1H2/t22-;;;;/m0..../s1. The van der Waals surface area contributed by atoms with Gasteiger partial charge in [0.1, 0.15) is 19.3 Å². The first kappa shape index (κ1) is 42.6. The number of carbonyl (C=O) groups excluding carboxylic acids is 4. The zero-order chi connectivity index (χ0) is 34.9. The molecule has 0 heterocycles. The second-order valence-electron chi connectivity index (χ2n) is 8.87. The number of rotatable bonds is 12. The third-order valence-corrected chi connectivity index (χ3v) is 6.40. The van der Waals surface area contributed by atoms with Gasteiger partial charge in [0.25, 0.3) is 5.91 Å². The highest BCUT2D eigenvalue weighted by Crippen LogP contribution is 2.34. The van der Waals surface area contributed by atoms with E-state index in [9.17, 15) is 19.8 Å². The zero-order valence-electron chi connectivity index (χ0n) is 26.8. The van der Waals surface area contributed by atoms with Gasteiger partial charge in [0, 0.05) is 29.6 Å². The normalized spacial score (nSPS) is 9.93. The number of nitrogens with two attached hydrogens (primary N) is 1. The Morgan fingerprint density at radius 1 is 1.04 bits per heavy atom. The van der Waals surface area contributed by atoms with Crippen LogP contribution in [0.3, 0.4) is 0 Å². The molecule has 0 aliphatic heterocycles. The molecular formula is C34H47ClN4O6. The van der Waals surface area contributed by atoms with Gasteiger partial charge in [0.15, 0.2) is 0 Å². The second kappa shape index (κ2) is 24.9. The van der Waals surface area contributed by atoms with Crippen LogP contribution in [0.4, 0.5) is 5.69 Å². The van der Waals surface area contributed by atoms with E-state index in [0.717, 1.165) is 16.7 Å². The van der Waals surface area contributed by atoms with Crippen molar-refractivity contribution in [3.8, 4) is 5.75 Å². The number of aliphatic hydroxyl groups excluding tert-OH is 1. The summed E-state index contributed by atoms with van der Waals surface area (Å²) in [4.78, 5) is 40.0. The monoisotopic (exact) mass is 642 g/mol. The predicted molar refractivity (Wildman–Crippen MR) is 183 cm³/mol. The van der Waals surface area contributed by atoms with Gasteiger partial charge in [0.05, 0.1) is 23.2 Å². The van der Waals surface area contributed by atoms with Gasteiger partial charge < -0.3 is 41.6 Å². The van der Waals surface area contributed by atoms with Gasteiger partial charge in [-0.1, -0.05) is 81.3 Å². The lowest BCUT2D eigenvalue weighted by molar-refractivity contribution is -0.109. The van der Waals surface area contributed by atoms with E-state index < -0.39 is 11.9 Å². The molecule has 0 unspecified atom stereocenters. The largest absolute Gasteiger partial charge is 0.507 e. The van der Waals surface area contributed by atoms with Crippen molar-refractivity contribution in [2.45, 2.75) is 59.9 Å². The van der Waals surface area contributed by atoms with Gasteiger partial charge in [-0.25, -0.2) is 0 Å². The summed E-state index contributed by atoms with van der Waals surface area (Å²) >= 11 is 6.51. The summed E-state index contributed by atoms with van der Waals surface area (Å²) in [6.45, 7) is 13.9. The number of benzene rings is 3. The van der Waals surface area contributed by atoms with Crippen molar-refractivity contribution in [3.05, 3.63) is 92.5 Å². The Bertz CT molecular complexity index is 1330. The van der Waals surface area contributed by atoms with E-state index in [1.54, 1.807) is 18.2 Å². The molecule has 3 rings (SSSR count). The van der Waals surface area contributed by atoms with Gasteiger partial charge >= 0.3 is 0 Å². The first-order chi connectivity index (χ1) is 21.8. The van der Waals surface area contributed by atoms with E-state index in [1.807, 2.05) is 78.5 Å². The Hall–Kier alpha value is -4.54. The summed E-state index contributed by atoms with van der Waals surface area (Å²) in [5.74, 6) is -0.881. The van der Waals surface area contributed by atoms with Crippen LogP contribution in [-0.4, -0.2) is 61.5 Å². The molecule has 3 aromatic carbocycles. The van der Waals surface area contributed by atoms with E-state index in [2.05, 4.69) is 10.6 Å². The molecule has 3 aromatic rings. The van der Waals surface area contributed by atoms with Crippen LogP contribution in [-0.2, 0) is 33.6 Å². The second-order valence-corrected chi connectivity index (χ2v) is 9.28. The maximum Gasteiger partial charge on any atom is 0.256 e. The molecule has 0 saturated carbocycles. The Morgan fingerprint density at radius 2 is 1.69 bits per heavy atom. The summed E-state index contributed by atoms with van der Waals surface area (Å²) in [6.07, 6.45) is 2.76. The van der Waals surface area contributed by atoms with Crippen molar-refractivity contribution in [1.82, 2.24) is 10.6 Å². The molecule has 0 fully saturated rings. The number of nitrogens with one attached hydrogen (secondary N) is 3. The van der Waals surface area contributed by atoms with Crippen LogP contribution >= 0.6 is 11.6 Å².